The summed E-state index contributed by atoms with van der Waals surface area (Å²) in [6.07, 6.45) is 0. The van der Waals surface area contributed by atoms with Crippen LogP contribution in [0.15, 0.2) is 17.0 Å². The van der Waals surface area contributed by atoms with Gasteiger partial charge < -0.3 is 4.74 Å². The maximum Gasteiger partial charge on any atom is 0.267 e. The number of carbonyl (C=O) groups excluding carboxylic acids is 1. The molecule has 1 N–H and O–H groups in total. The van der Waals surface area contributed by atoms with E-state index in [-0.39, 0.29) is 33.6 Å². The highest BCUT2D eigenvalue weighted by atomic mass is 35.5. The Morgan fingerprint density at radius 3 is 2.39 bits per heavy atom. The van der Waals surface area contributed by atoms with Gasteiger partial charge >= 0.3 is 0 Å². The van der Waals surface area contributed by atoms with Gasteiger partial charge in [-0.1, -0.05) is 23.2 Å². The van der Waals surface area contributed by atoms with E-state index in [1.54, 1.807) is 14.1 Å². The largest absolute Gasteiger partial charge is 0.379 e. The Kier molecular flexibility index (Phi) is 5.88. The van der Waals surface area contributed by atoms with E-state index >= 15 is 0 Å². The van der Waals surface area contributed by atoms with Crippen molar-refractivity contribution in [3.8, 4) is 0 Å². The maximum atomic E-state index is 12.7. The molecule has 0 saturated carbocycles. The summed E-state index contributed by atoms with van der Waals surface area (Å²) in [5.41, 5.74) is 2.55. The van der Waals surface area contributed by atoms with Crippen molar-refractivity contribution >= 4 is 39.1 Å². The van der Waals surface area contributed by atoms with Crippen LogP contribution in [0.1, 0.15) is 10.4 Å². The van der Waals surface area contributed by atoms with Crippen LogP contribution in [0.5, 0.6) is 0 Å². The normalized spacial score (nSPS) is 16.6. The molecule has 1 amide bonds. The smallest absolute Gasteiger partial charge is 0.267 e. The van der Waals surface area contributed by atoms with Crippen LogP contribution < -0.4 is 5.43 Å². The zero-order valence-corrected chi connectivity index (χ0v) is 15.0. The number of halogens is 2. The van der Waals surface area contributed by atoms with Crippen LogP contribution in [0, 0.1) is 0 Å². The molecule has 0 spiro atoms. The van der Waals surface area contributed by atoms with E-state index in [4.69, 9.17) is 27.9 Å². The third-order valence-corrected chi connectivity index (χ3v) is 5.86. The Balaban J connectivity index is 2.44. The van der Waals surface area contributed by atoms with Crippen molar-refractivity contribution in [1.82, 2.24) is 14.7 Å². The Morgan fingerprint density at radius 1 is 1.22 bits per heavy atom. The lowest BCUT2D eigenvalue weighted by Crippen LogP contribution is -2.41. The molecule has 128 valence electrons. The molecule has 1 aliphatic rings. The molecule has 0 bridgehead atoms. The molecular formula is C13H17Cl2N3O4S. The number of rotatable bonds is 4. The summed E-state index contributed by atoms with van der Waals surface area (Å²) < 4.78 is 31.9. The number of hydrogen-bond acceptors (Lipinski definition) is 5. The van der Waals surface area contributed by atoms with Crippen LogP contribution in [0.2, 0.25) is 10.0 Å². The van der Waals surface area contributed by atoms with Crippen LogP contribution in [0.4, 0.5) is 0 Å². The number of nitrogens with zero attached hydrogens (tertiary/aromatic N) is 2. The molecule has 0 unspecified atom stereocenters. The summed E-state index contributed by atoms with van der Waals surface area (Å²) in [7, 11) is -0.561. The fraction of sp³-hybridized carbons (Fsp3) is 0.462. The molecule has 7 nitrogen and oxygen atoms in total. The minimum Gasteiger partial charge on any atom is -0.379 e. The lowest BCUT2D eigenvalue weighted by Gasteiger charge is -2.26. The quantitative estimate of drug-likeness (QED) is 0.793. The first-order chi connectivity index (χ1) is 10.7. The second-order valence-electron chi connectivity index (χ2n) is 5.11. The van der Waals surface area contributed by atoms with Crippen LogP contribution in [0.3, 0.4) is 0 Å². The Hall–Kier alpha value is -0.900. The first kappa shape index (κ1) is 18.4. The molecule has 1 aromatic rings. The van der Waals surface area contributed by atoms with Crippen LogP contribution in [-0.2, 0) is 14.8 Å². The minimum atomic E-state index is -3.82. The highest BCUT2D eigenvalue weighted by Crippen LogP contribution is 2.31. The summed E-state index contributed by atoms with van der Waals surface area (Å²) in [4.78, 5) is 12.0. The van der Waals surface area contributed by atoms with E-state index in [1.807, 2.05) is 0 Å². The maximum absolute atomic E-state index is 12.7. The monoisotopic (exact) mass is 381 g/mol. The third kappa shape index (κ3) is 4.14. The Labute approximate surface area is 145 Å². The van der Waals surface area contributed by atoms with Crippen LogP contribution in [0.25, 0.3) is 0 Å². The molecule has 0 aliphatic carbocycles. The molecule has 2 rings (SSSR count). The van der Waals surface area contributed by atoms with E-state index in [0.717, 1.165) is 0 Å². The average Bonchev–Trinajstić information content (AvgIpc) is 2.47. The molecule has 1 aromatic carbocycles. The number of amides is 1. The van der Waals surface area contributed by atoms with E-state index < -0.39 is 15.9 Å². The fourth-order valence-electron chi connectivity index (χ4n) is 2.09. The molecule has 0 radical (unpaired) electrons. The highest BCUT2D eigenvalue weighted by molar-refractivity contribution is 7.89. The molecule has 1 aliphatic heterocycles. The van der Waals surface area contributed by atoms with Gasteiger partial charge in [-0.15, -0.1) is 0 Å². The number of benzene rings is 1. The lowest BCUT2D eigenvalue weighted by atomic mass is 10.2. The summed E-state index contributed by atoms with van der Waals surface area (Å²) in [6, 6.07) is 2.47. The molecule has 0 aromatic heterocycles. The summed E-state index contributed by atoms with van der Waals surface area (Å²) >= 11 is 12.1. The first-order valence-corrected chi connectivity index (χ1v) is 8.98. The van der Waals surface area contributed by atoms with E-state index in [0.29, 0.717) is 13.2 Å². The second-order valence-corrected chi connectivity index (χ2v) is 7.84. The number of carbonyl (C=O) groups is 1. The number of morpholine rings is 1. The molecule has 1 saturated heterocycles. The van der Waals surface area contributed by atoms with Gasteiger partial charge in [-0.3, -0.25) is 10.2 Å². The number of hydrogen-bond donors (Lipinski definition) is 1. The van der Waals surface area contributed by atoms with Gasteiger partial charge in [0, 0.05) is 27.2 Å². The van der Waals surface area contributed by atoms with Crippen molar-refractivity contribution in [2.45, 2.75) is 4.90 Å². The lowest BCUT2D eigenvalue weighted by molar-refractivity contribution is 0.0730. The third-order valence-electron chi connectivity index (χ3n) is 3.18. The van der Waals surface area contributed by atoms with Crippen LogP contribution in [-0.4, -0.2) is 64.0 Å². The van der Waals surface area contributed by atoms with Crippen molar-refractivity contribution in [2.75, 3.05) is 40.4 Å². The summed E-state index contributed by atoms with van der Waals surface area (Å²) in [5, 5.41) is 1.49. The van der Waals surface area contributed by atoms with Gasteiger partial charge in [-0.2, -0.15) is 4.31 Å². The second kappa shape index (κ2) is 7.33. The predicted octanol–water partition coefficient (Wildman–Crippen LogP) is 1.22. The summed E-state index contributed by atoms with van der Waals surface area (Å²) in [6.45, 7) is 1.11. The topological polar surface area (TPSA) is 79.0 Å². The van der Waals surface area contributed by atoms with Crippen molar-refractivity contribution < 1.29 is 17.9 Å². The molecule has 0 atom stereocenters. The van der Waals surface area contributed by atoms with Crippen molar-refractivity contribution in [1.29, 1.82) is 0 Å². The molecular weight excluding hydrogens is 365 g/mol. The van der Waals surface area contributed by atoms with Gasteiger partial charge in [0.15, 0.2) is 0 Å². The van der Waals surface area contributed by atoms with Gasteiger partial charge in [-0.05, 0) is 12.1 Å². The van der Waals surface area contributed by atoms with Gasteiger partial charge in [0.05, 0.1) is 28.8 Å². The number of hydrazine groups is 1. The molecule has 1 heterocycles. The van der Waals surface area contributed by atoms with Gasteiger partial charge in [0.2, 0.25) is 10.0 Å². The van der Waals surface area contributed by atoms with E-state index in [9.17, 15) is 13.2 Å². The Morgan fingerprint density at radius 2 is 1.83 bits per heavy atom. The SMILES string of the molecule is CN(C)NC(=O)c1cc(S(=O)(=O)N2CCOCC2)c(Cl)cc1Cl. The molecule has 10 heteroatoms. The number of nitrogens with one attached hydrogen (secondary N) is 1. The number of ether oxygens (including phenoxy) is 1. The van der Waals surface area contributed by atoms with Gasteiger partial charge in [0.1, 0.15) is 4.90 Å². The van der Waals surface area contributed by atoms with E-state index in [1.165, 1.54) is 21.4 Å². The van der Waals surface area contributed by atoms with Crippen LogP contribution >= 0.6 is 23.2 Å². The minimum absolute atomic E-state index is 0.0251. The standard InChI is InChI=1S/C13H17Cl2N3O4S/c1-17(2)16-13(19)9-7-12(11(15)8-10(9)14)23(20,21)18-3-5-22-6-4-18/h7-8H,3-6H2,1-2H3,(H,16,19). The van der Waals surface area contributed by atoms with Crippen molar-refractivity contribution in [3.63, 3.8) is 0 Å². The van der Waals surface area contributed by atoms with Gasteiger partial charge in [-0.25, -0.2) is 13.4 Å². The zero-order valence-electron chi connectivity index (χ0n) is 12.7. The average molecular weight is 382 g/mol. The highest BCUT2D eigenvalue weighted by Gasteiger charge is 2.30. The van der Waals surface area contributed by atoms with Crippen molar-refractivity contribution in [2.24, 2.45) is 0 Å². The fourth-order valence-corrected chi connectivity index (χ4v) is 4.33. The summed E-state index contributed by atoms with van der Waals surface area (Å²) in [5.74, 6) is -0.518. The van der Waals surface area contributed by atoms with E-state index in [2.05, 4.69) is 5.43 Å². The zero-order chi connectivity index (χ0) is 17.2. The predicted molar refractivity (Wildman–Crippen MR) is 87.2 cm³/mol. The first-order valence-electron chi connectivity index (χ1n) is 6.78. The van der Waals surface area contributed by atoms with Gasteiger partial charge in [0.25, 0.3) is 5.91 Å². The molecule has 1 fully saturated rings. The number of sulfonamides is 1. The Bertz CT molecular complexity index is 703. The van der Waals surface area contributed by atoms with Crippen molar-refractivity contribution in [3.05, 3.63) is 27.7 Å². The molecule has 23 heavy (non-hydrogen) atoms.